The fraction of sp³-hybridized carbons (Fsp3) is 0.400. The Morgan fingerprint density at radius 2 is 1.82 bits per heavy atom. The van der Waals surface area contributed by atoms with Crippen LogP contribution in [0.5, 0.6) is 23.0 Å². The molecular weight excluding hydrogens is 360 g/mol. The van der Waals surface area contributed by atoms with Crippen LogP contribution in [0.3, 0.4) is 0 Å². The number of rotatable bonds is 10. The highest BCUT2D eigenvalue weighted by molar-refractivity contribution is 5.79. The van der Waals surface area contributed by atoms with Crippen LogP contribution in [0.25, 0.3) is 0 Å². The van der Waals surface area contributed by atoms with Gasteiger partial charge < -0.3 is 29.6 Å². The third-order valence-corrected chi connectivity index (χ3v) is 3.79. The summed E-state index contributed by atoms with van der Waals surface area (Å²) < 4.78 is 21.8. The minimum absolute atomic E-state index is 0.454. The van der Waals surface area contributed by atoms with E-state index in [0.29, 0.717) is 42.9 Å². The molecule has 0 unspecified atom stereocenters. The molecular formula is C20H28N4O4. The molecule has 0 aliphatic carbocycles. The van der Waals surface area contributed by atoms with Crippen LogP contribution in [0.2, 0.25) is 0 Å². The SMILES string of the molecule is CCNC(=NCc1cc(OC)c(OC)c(OC)c1)NCCOc1cccnc1. The number of hydrogen-bond donors (Lipinski definition) is 2. The first-order valence-electron chi connectivity index (χ1n) is 9.05. The van der Waals surface area contributed by atoms with E-state index in [4.69, 9.17) is 18.9 Å². The van der Waals surface area contributed by atoms with Crippen LogP contribution in [0.1, 0.15) is 12.5 Å². The average molecular weight is 388 g/mol. The molecule has 0 aliphatic heterocycles. The highest BCUT2D eigenvalue weighted by atomic mass is 16.5. The predicted molar refractivity (Wildman–Crippen MR) is 109 cm³/mol. The van der Waals surface area contributed by atoms with Gasteiger partial charge in [0.05, 0.1) is 40.6 Å². The van der Waals surface area contributed by atoms with Gasteiger partial charge in [-0.15, -0.1) is 0 Å². The lowest BCUT2D eigenvalue weighted by Gasteiger charge is -2.14. The Kier molecular flexibility index (Phi) is 8.71. The van der Waals surface area contributed by atoms with Crippen molar-refractivity contribution in [1.82, 2.24) is 15.6 Å². The van der Waals surface area contributed by atoms with Crippen molar-refractivity contribution >= 4 is 5.96 Å². The van der Waals surface area contributed by atoms with Crippen LogP contribution in [0.15, 0.2) is 41.7 Å². The maximum atomic E-state index is 5.63. The number of ether oxygens (including phenoxy) is 4. The molecule has 0 aliphatic rings. The van der Waals surface area contributed by atoms with Crippen molar-refractivity contribution in [1.29, 1.82) is 0 Å². The summed E-state index contributed by atoms with van der Waals surface area (Å²) in [5.41, 5.74) is 0.943. The number of guanidine groups is 1. The van der Waals surface area contributed by atoms with Crippen LogP contribution in [-0.4, -0.2) is 52.0 Å². The van der Waals surface area contributed by atoms with Crippen molar-refractivity contribution in [3.63, 3.8) is 0 Å². The van der Waals surface area contributed by atoms with Gasteiger partial charge in [-0.1, -0.05) is 0 Å². The third-order valence-electron chi connectivity index (χ3n) is 3.79. The molecule has 8 nitrogen and oxygen atoms in total. The van der Waals surface area contributed by atoms with Gasteiger partial charge in [0.2, 0.25) is 5.75 Å². The molecule has 0 spiro atoms. The topological polar surface area (TPSA) is 86.2 Å². The van der Waals surface area contributed by atoms with Gasteiger partial charge in [-0.25, -0.2) is 4.99 Å². The normalized spacial score (nSPS) is 10.9. The molecule has 0 bridgehead atoms. The largest absolute Gasteiger partial charge is 0.493 e. The lowest BCUT2D eigenvalue weighted by molar-refractivity contribution is 0.320. The number of hydrogen-bond acceptors (Lipinski definition) is 6. The summed E-state index contributed by atoms with van der Waals surface area (Å²) in [6, 6.07) is 7.49. The summed E-state index contributed by atoms with van der Waals surface area (Å²) in [6.45, 7) is 4.33. The van der Waals surface area contributed by atoms with Crippen molar-refractivity contribution < 1.29 is 18.9 Å². The highest BCUT2D eigenvalue weighted by Crippen LogP contribution is 2.38. The van der Waals surface area contributed by atoms with Crippen molar-refractivity contribution in [3.8, 4) is 23.0 Å². The number of nitrogens with one attached hydrogen (secondary N) is 2. The summed E-state index contributed by atoms with van der Waals surface area (Å²) in [6.07, 6.45) is 3.40. The van der Waals surface area contributed by atoms with Crippen LogP contribution in [-0.2, 0) is 6.54 Å². The van der Waals surface area contributed by atoms with E-state index in [0.717, 1.165) is 17.9 Å². The summed E-state index contributed by atoms with van der Waals surface area (Å²) >= 11 is 0. The number of pyridine rings is 1. The number of aliphatic imine (C=N–C) groups is 1. The van der Waals surface area contributed by atoms with Gasteiger partial charge in [0, 0.05) is 12.7 Å². The van der Waals surface area contributed by atoms with Crippen LogP contribution in [0.4, 0.5) is 0 Å². The first-order chi connectivity index (χ1) is 13.7. The zero-order chi connectivity index (χ0) is 20.2. The van der Waals surface area contributed by atoms with E-state index < -0.39 is 0 Å². The molecule has 2 rings (SSSR count). The fourth-order valence-corrected chi connectivity index (χ4v) is 2.51. The Labute approximate surface area is 165 Å². The van der Waals surface area contributed by atoms with E-state index in [1.54, 1.807) is 33.7 Å². The zero-order valence-electron chi connectivity index (χ0n) is 16.8. The Morgan fingerprint density at radius 1 is 1.07 bits per heavy atom. The zero-order valence-corrected chi connectivity index (χ0v) is 16.8. The van der Waals surface area contributed by atoms with Crippen molar-refractivity contribution in [3.05, 3.63) is 42.2 Å². The van der Waals surface area contributed by atoms with Gasteiger partial charge in [-0.3, -0.25) is 4.98 Å². The van der Waals surface area contributed by atoms with E-state index in [1.807, 2.05) is 31.2 Å². The fourth-order valence-electron chi connectivity index (χ4n) is 2.51. The summed E-state index contributed by atoms with van der Waals surface area (Å²) in [4.78, 5) is 8.63. The number of aromatic nitrogens is 1. The number of methoxy groups -OCH3 is 3. The molecule has 28 heavy (non-hydrogen) atoms. The molecule has 0 saturated heterocycles. The maximum absolute atomic E-state index is 5.63. The molecule has 0 radical (unpaired) electrons. The minimum atomic E-state index is 0.454. The Morgan fingerprint density at radius 3 is 2.39 bits per heavy atom. The quantitative estimate of drug-likeness (QED) is 0.367. The van der Waals surface area contributed by atoms with E-state index >= 15 is 0 Å². The van der Waals surface area contributed by atoms with Crippen molar-refractivity contribution in [2.45, 2.75) is 13.5 Å². The van der Waals surface area contributed by atoms with Gasteiger partial charge in [0.25, 0.3) is 0 Å². The van der Waals surface area contributed by atoms with E-state index in [9.17, 15) is 0 Å². The van der Waals surface area contributed by atoms with Gasteiger partial charge in [-0.2, -0.15) is 0 Å². The van der Waals surface area contributed by atoms with Crippen molar-refractivity contribution in [2.24, 2.45) is 4.99 Å². The Balaban J connectivity index is 1.97. The molecule has 8 heteroatoms. The monoisotopic (exact) mass is 388 g/mol. The predicted octanol–water partition coefficient (Wildman–Crippen LogP) is 2.24. The van der Waals surface area contributed by atoms with Gasteiger partial charge in [0.1, 0.15) is 12.4 Å². The Bertz CT molecular complexity index is 728. The van der Waals surface area contributed by atoms with E-state index in [-0.39, 0.29) is 0 Å². The standard InChI is InChI=1S/C20H28N4O4/c1-5-22-20(23-9-10-28-16-7-6-8-21-14-16)24-13-15-11-17(25-2)19(27-4)18(12-15)26-3/h6-8,11-12,14H,5,9-10,13H2,1-4H3,(H2,22,23,24). The molecule has 0 fully saturated rings. The van der Waals surface area contributed by atoms with Crippen LogP contribution in [0, 0.1) is 0 Å². The summed E-state index contributed by atoms with van der Waals surface area (Å²) in [7, 11) is 4.77. The lowest BCUT2D eigenvalue weighted by atomic mass is 10.2. The average Bonchev–Trinajstić information content (AvgIpc) is 2.74. The number of benzene rings is 1. The minimum Gasteiger partial charge on any atom is -0.493 e. The van der Waals surface area contributed by atoms with Gasteiger partial charge >= 0.3 is 0 Å². The van der Waals surface area contributed by atoms with Crippen molar-refractivity contribution in [2.75, 3.05) is 41.0 Å². The Hall–Kier alpha value is -3.16. The molecule has 152 valence electrons. The molecule has 1 heterocycles. The smallest absolute Gasteiger partial charge is 0.203 e. The lowest BCUT2D eigenvalue weighted by Crippen LogP contribution is -2.39. The molecule has 1 aromatic carbocycles. The third kappa shape index (κ3) is 6.22. The second-order valence-electron chi connectivity index (χ2n) is 5.69. The summed E-state index contributed by atoms with van der Waals surface area (Å²) in [5, 5.41) is 6.46. The highest BCUT2D eigenvalue weighted by Gasteiger charge is 2.13. The van der Waals surface area contributed by atoms with E-state index in [1.165, 1.54) is 0 Å². The maximum Gasteiger partial charge on any atom is 0.203 e. The van der Waals surface area contributed by atoms with Gasteiger partial charge in [0.15, 0.2) is 17.5 Å². The summed E-state index contributed by atoms with van der Waals surface area (Å²) in [5.74, 6) is 3.22. The molecule has 2 aromatic rings. The van der Waals surface area contributed by atoms with Crippen LogP contribution >= 0.6 is 0 Å². The molecule has 0 saturated carbocycles. The first-order valence-corrected chi connectivity index (χ1v) is 9.05. The second kappa shape index (κ2) is 11.5. The molecule has 1 aromatic heterocycles. The van der Waals surface area contributed by atoms with E-state index in [2.05, 4.69) is 20.6 Å². The molecule has 2 N–H and O–H groups in total. The number of nitrogens with zero attached hydrogens (tertiary/aromatic N) is 2. The molecule has 0 amide bonds. The van der Waals surface area contributed by atoms with Crippen LogP contribution < -0.4 is 29.6 Å². The molecule has 0 atom stereocenters. The second-order valence-corrected chi connectivity index (χ2v) is 5.69. The first kappa shape index (κ1) is 21.1. The van der Waals surface area contributed by atoms with Gasteiger partial charge in [-0.05, 0) is 36.8 Å².